The first-order valence-corrected chi connectivity index (χ1v) is 5.81. The molecule has 1 aliphatic rings. The van der Waals surface area contributed by atoms with Crippen LogP contribution in [0.5, 0.6) is 0 Å². The van der Waals surface area contributed by atoms with E-state index < -0.39 is 22.7 Å². The van der Waals surface area contributed by atoms with Crippen molar-refractivity contribution in [3.8, 4) is 0 Å². The van der Waals surface area contributed by atoms with E-state index in [0.717, 1.165) is 5.06 Å². The zero-order valence-electron chi connectivity index (χ0n) is 8.80. The van der Waals surface area contributed by atoms with Crippen LogP contribution in [0.2, 0.25) is 0 Å². The number of primary amides is 1. The molecule has 7 nitrogen and oxygen atoms in total. The van der Waals surface area contributed by atoms with Crippen LogP contribution in [0, 0.1) is 0 Å². The van der Waals surface area contributed by atoms with E-state index in [2.05, 4.69) is 6.58 Å². The number of carbonyl (C=O) groups is 1. The molecular weight excluding hydrogens is 234 g/mol. The smallest absolute Gasteiger partial charge is 0.254 e. The van der Waals surface area contributed by atoms with E-state index in [1.54, 1.807) is 0 Å². The Morgan fingerprint density at radius 3 is 2.44 bits per heavy atom. The summed E-state index contributed by atoms with van der Waals surface area (Å²) in [6, 6.07) is 0. The first-order valence-electron chi connectivity index (χ1n) is 4.56. The van der Waals surface area contributed by atoms with Gasteiger partial charge in [0.2, 0.25) is 0 Å². The van der Waals surface area contributed by atoms with Crippen molar-refractivity contribution < 1.29 is 18.8 Å². The lowest BCUT2D eigenvalue weighted by Crippen LogP contribution is -2.59. The van der Waals surface area contributed by atoms with Crippen LogP contribution in [-0.2, 0) is 15.9 Å². The summed E-state index contributed by atoms with van der Waals surface area (Å²) in [5.41, 5.74) is 9.08. The van der Waals surface area contributed by atoms with Gasteiger partial charge in [0, 0.05) is 12.3 Å². The Balaban J connectivity index is 0.000000325. The van der Waals surface area contributed by atoms with Gasteiger partial charge in [-0.05, 0) is 12.8 Å². The van der Waals surface area contributed by atoms with Crippen molar-refractivity contribution in [2.75, 3.05) is 12.3 Å². The van der Waals surface area contributed by atoms with Crippen LogP contribution >= 0.6 is 0 Å². The van der Waals surface area contributed by atoms with E-state index in [9.17, 15) is 13.6 Å². The monoisotopic (exact) mass is 250 g/mol. The summed E-state index contributed by atoms with van der Waals surface area (Å²) in [6.07, 6.45) is 2.47. The number of hydrogen-bond acceptors (Lipinski definition) is 6. The molecule has 0 aliphatic carbocycles. The highest BCUT2D eigenvalue weighted by Crippen LogP contribution is 2.20. The Morgan fingerprint density at radius 1 is 1.75 bits per heavy atom. The summed E-state index contributed by atoms with van der Waals surface area (Å²) < 4.78 is 19.1. The standard InChI is InChI=1S/C5H11N3O2.C3H6O2S/c6-4(9)5(7)2-1-3-8(5)10;1-2-3-6(4)5/h10H,1-3,7H2,(H2,6,9);2H,1,3H2,(H,4,5)/p-1/t5-;/m1./s1. The molecule has 0 bridgehead atoms. The quantitative estimate of drug-likeness (QED) is 0.419. The molecule has 5 N–H and O–H groups in total. The second kappa shape index (κ2) is 6.71. The van der Waals surface area contributed by atoms with Gasteiger partial charge in [0.25, 0.3) is 5.91 Å². The van der Waals surface area contributed by atoms with Crippen molar-refractivity contribution in [1.82, 2.24) is 5.06 Å². The van der Waals surface area contributed by atoms with Gasteiger partial charge in [0.05, 0.1) is 0 Å². The number of hydrogen-bond donors (Lipinski definition) is 3. The van der Waals surface area contributed by atoms with Crippen LogP contribution in [0.3, 0.4) is 0 Å². The molecule has 1 heterocycles. The van der Waals surface area contributed by atoms with Gasteiger partial charge >= 0.3 is 0 Å². The SMILES string of the molecule is C=CCS(=O)[O-].NC(=O)[C@@]1(N)CCCN1O. The molecule has 1 fully saturated rings. The molecule has 8 heteroatoms. The van der Waals surface area contributed by atoms with Crippen molar-refractivity contribution in [3.05, 3.63) is 12.7 Å². The lowest BCUT2D eigenvalue weighted by molar-refractivity contribution is -0.166. The summed E-state index contributed by atoms with van der Waals surface area (Å²) in [7, 11) is 0. The van der Waals surface area contributed by atoms with E-state index in [1.165, 1.54) is 6.08 Å². The molecule has 1 unspecified atom stereocenters. The predicted molar refractivity (Wildman–Crippen MR) is 57.8 cm³/mol. The van der Waals surface area contributed by atoms with Gasteiger partial charge in [0.1, 0.15) is 0 Å². The third kappa shape index (κ3) is 4.37. The first-order chi connectivity index (χ1) is 7.34. The first kappa shape index (κ1) is 15.2. The third-order valence-electron chi connectivity index (χ3n) is 2.07. The third-order valence-corrected chi connectivity index (χ3v) is 2.58. The Labute approximate surface area is 96.3 Å². The van der Waals surface area contributed by atoms with Crippen LogP contribution in [0.15, 0.2) is 12.7 Å². The second-order valence-corrected chi connectivity index (χ2v) is 4.22. The maximum atomic E-state index is 10.6. The van der Waals surface area contributed by atoms with E-state index in [0.29, 0.717) is 19.4 Å². The van der Waals surface area contributed by atoms with Crippen LogP contribution in [0.4, 0.5) is 0 Å². The van der Waals surface area contributed by atoms with Gasteiger partial charge < -0.3 is 21.2 Å². The minimum Gasteiger partial charge on any atom is -0.772 e. The van der Waals surface area contributed by atoms with Crippen LogP contribution < -0.4 is 11.5 Å². The number of hydroxylamine groups is 2. The fourth-order valence-electron chi connectivity index (χ4n) is 1.17. The molecule has 0 radical (unpaired) electrons. The Morgan fingerprint density at radius 2 is 2.31 bits per heavy atom. The van der Waals surface area contributed by atoms with Crippen molar-refractivity contribution in [1.29, 1.82) is 0 Å². The average Bonchev–Trinajstić information content (AvgIpc) is 2.49. The minimum absolute atomic E-state index is 0.0556. The van der Waals surface area contributed by atoms with Gasteiger partial charge in [-0.2, -0.15) is 5.06 Å². The van der Waals surface area contributed by atoms with Gasteiger partial charge in [-0.1, -0.05) is 17.2 Å². The molecule has 0 spiro atoms. The lowest BCUT2D eigenvalue weighted by Gasteiger charge is -2.25. The second-order valence-electron chi connectivity index (χ2n) is 3.27. The van der Waals surface area contributed by atoms with Crippen molar-refractivity contribution in [3.63, 3.8) is 0 Å². The van der Waals surface area contributed by atoms with E-state index in [1.807, 2.05) is 0 Å². The molecule has 1 saturated heterocycles. The molecule has 0 saturated carbocycles. The maximum Gasteiger partial charge on any atom is 0.254 e. The molecule has 0 aromatic rings. The molecule has 16 heavy (non-hydrogen) atoms. The van der Waals surface area contributed by atoms with Crippen LogP contribution in [-0.4, -0.2) is 42.9 Å². The zero-order chi connectivity index (χ0) is 12.8. The number of nitrogens with zero attached hydrogens (tertiary/aromatic N) is 1. The average molecular weight is 250 g/mol. The summed E-state index contributed by atoms with van der Waals surface area (Å²) in [5.74, 6) is -0.618. The van der Waals surface area contributed by atoms with Gasteiger partial charge in [0.15, 0.2) is 5.66 Å². The fraction of sp³-hybridized carbons (Fsp3) is 0.625. The zero-order valence-corrected chi connectivity index (χ0v) is 9.61. The molecular formula is C8H16N3O4S-. The highest BCUT2D eigenvalue weighted by Gasteiger charge is 2.42. The van der Waals surface area contributed by atoms with E-state index in [4.69, 9.17) is 16.7 Å². The Kier molecular flexibility index (Phi) is 6.38. The lowest BCUT2D eigenvalue weighted by atomic mass is 10.1. The van der Waals surface area contributed by atoms with Crippen molar-refractivity contribution >= 4 is 17.0 Å². The van der Waals surface area contributed by atoms with Gasteiger partial charge in [-0.15, -0.1) is 6.58 Å². The normalized spacial score (nSPS) is 26.7. The van der Waals surface area contributed by atoms with Gasteiger partial charge in [-0.3, -0.25) is 9.00 Å². The Hall–Kier alpha value is -0.800. The van der Waals surface area contributed by atoms with Crippen LogP contribution in [0.25, 0.3) is 0 Å². The molecule has 1 rings (SSSR count). The van der Waals surface area contributed by atoms with Crippen molar-refractivity contribution in [2.24, 2.45) is 11.5 Å². The number of nitrogens with two attached hydrogens (primary N) is 2. The summed E-state index contributed by atoms with van der Waals surface area (Å²) in [6.45, 7) is 3.62. The molecule has 0 aromatic heterocycles. The number of amides is 1. The molecule has 2 atom stereocenters. The number of carbonyl (C=O) groups excluding carboxylic acids is 1. The molecule has 0 aromatic carbocycles. The van der Waals surface area contributed by atoms with Crippen molar-refractivity contribution in [2.45, 2.75) is 18.5 Å². The molecule has 94 valence electrons. The van der Waals surface area contributed by atoms with E-state index in [-0.39, 0.29) is 5.75 Å². The molecule has 1 aliphatic heterocycles. The minimum atomic E-state index is -1.93. The number of rotatable bonds is 3. The van der Waals surface area contributed by atoms with Crippen LogP contribution in [0.1, 0.15) is 12.8 Å². The largest absolute Gasteiger partial charge is 0.772 e. The van der Waals surface area contributed by atoms with E-state index >= 15 is 0 Å². The highest BCUT2D eigenvalue weighted by atomic mass is 32.2. The summed E-state index contributed by atoms with van der Waals surface area (Å²) in [5, 5.41) is 9.83. The van der Waals surface area contributed by atoms with Gasteiger partial charge in [-0.25, -0.2) is 0 Å². The fourth-order valence-corrected chi connectivity index (χ4v) is 1.37. The topological polar surface area (TPSA) is 133 Å². The highest BCUT2D eigenvalue weighted by molar-refractivity contribution is 7.79. The predicted octanol–water partition coefficient (Wildman–Crippen LogP) is -1.34. The maximum absolute atomic E-state index is 10.6. The summed E-state index contributed by atoms with van der Waals surface area (Å²) >= 11 is -1.93. The Bertz CT molecular complexity index is 286. The summed E-state index contributed by atoms with van der Waals surface area (Å²) in [4.78, 5) is 10.6. The molecule has 1 amide bonds.